The molecule has 0 amide bonds. The molecule has 0 aliphatic heterocycles. The molecule has 1 aromatic heterocycles. The normalized spacial score (nSPS) is 10.9. The van der Waals surface area contributed by atoms with Gasteiger partial charge in [-0.3, -0.25) is 0 Å². The Balaban J connectivity index is 2.11. The number of thioether (sulfide) groups is 1. The van der Waals surface area contributed by atoms with Crippen LogP contribution in [0.15, 0.2) is 28.6 Å². The number of hydrogen-bond donors (Lipinski definition) is 1. The zero-order valence-corrected chi connectivity index (χ0v) is 10.2. The van der Waals surface area contributed by atoms with Gasteiger partial charge in [-0.2, -0.15) is 12.6 Å². The van der Waals surface area contributed by atoms with Gasteiger partial charge in [-0.05, 0) is 24.3 Å². The Labute approximate surface area is 97.3 Å². The van der Waals surface area contributed by atoms with E-state index in [0.717, 1.165) is 23.4 Å². The first kappa shape index (κ1) is 10.3. The lowest BCUT2D eigenvalue weighted by Gasteiger charge is -1.92. The van der Waals surface area contributed by atoms with E-state index < -0.39 is 0 Å². The van der Waals surface area contributed by atoms with Crippen LogP contribution in [0.25, 0.3) is 10.2 Å². The Kier molecular flexibility index (Phi) is 3.73. The SMILES string of the molecule is SCCCSc1nc2ccccc2s1. The van der Waals surface area contributed by atoms with Crippen molar-refractivity contribution in [1.29, 1.82) is 0 Å². The lowest BCUT2D eigenvalue weighted by Crippen LogP contribution is -1.79. The number of hydrogen-bond acceptors (Lipinski definition) is 4. The highest BCUT2D eigenvalue weighted by molar-refractivity contribution is 8.01. The maximum atomic E-state index is 4.54. The summed E-state index contributed by atoms with van der Waals surface area (Å²) in [7, 11) is 0. The van der Waals surface area contributed by atoms with Crippen molar-refractivity contribution in [2.45, 2.75) is 10.8 Å². The first-order valence-electron chi connectivity index (χ1n) is 4.49. The summed E-state index contributed by atoms with van der Waals surface area (Å²) in [5, 5.41) is 0. The fourth-order valence-corrected chi connectivity index (χ4v) is 3.59. The third kappa shape index (κ3) is 2.43. The Hall–Kier alpha value is -0.190. The Morgan fingerprint density at radius 1 is 1.36 bits per heavy atom. The van der Waals surface area contributed by atoms with Crippen LogP contribution >= 0.6 is 35.7 Å². The molecule has 0 aliphatic rings. The average Bonchev–Trinajstić information content (AvgIpc) is 2.60. The molecule has 2 rings (SSSR count). The van der Waals surface area contributed by atoms with Crippen LogP contribution in [-0.4, -0.2) is 16.5 Å². The summed E-state index contributed by atoms with van der Waals surface area (Å²) in [6.07, 6.45) is 1.14. The van der Waals surface area contributed by atoms with Gasteiger partial charge < -0.3 is 0 Å². The minimum absolute atomic E-state index is 0.956. The summed E-state index contributed by atoms with van der Waals surface area (Å²) in [5.41, 5.74) is 1.12. The van der Waals surface area contributed by atoms with E-state index in [1.807, 2.05) is 17.8 Å². The molecule has 0 saturated carbocycles. The van der Waals surface area contributed by atoms with Crippen molar-refractivity contribution in [3.05, 3.63) is 24.3 Å². The fourth-order valence-electron chi connectivity index (χ4n) is 1.14. The van der Waals surface area contributed by atoms with E-state index in [1.165, 1.54) is 9.04 Å². The first-order valence-corrected chi connectivity index (χ1v) is 6.93. The highest BCUT2D eigenvalue weighted by Crippen LogP contribution is 2.29. The van der Waals surface area contributed by atoms with Gasteiger partial charge in [0.15, 0.2) is 4.34 Å². The van der Waals surface area contributed by atoms with Crippen molar-refractivity contribution in [3.63, 3.8) is 0 Å². The molecule has 14 heavy (non-hydrogen) atoms. The van der Waals surface area contributed by atoms with E-state index in [-0.39, 0.29) is 0 Å². The molecule has 0 atom stereocenters. The first-order chi connectivity index (χ1) is 6.90. The number of rotatable bonds is 4. The molecular formula is C10H11NS3. The van der Waals surface area contributed by atoms with Gasteiger partial charge in [-0.25, -0.2) is 4.98 Å². The molecule has 0 fully saturated rings. The van der Waals surface area contributed by atoms with Crippen molar-refractivity contribution in [1.82, 2.24) is 4.98 Å². The minimum atomic E-state index is 0.956. The maximum absolute atomic E-state index is 4.54. The number of fused-ring (bicyclic) bond motifs is 1. The average molecular weight is 241 g/mol. The van der Waals surface area contributed by atoms with Gasteiger partial charge >= 0.3 is 0 Å². The molecular weight excluding hydrogens is 230 g/mol. The van der Waals surface area contributed by atoms with Crippen LogP contribution in [0.3, 0.4) is 0 Å². The van der Waals surface area contributed by atoms with Crippen LogP contribution < -0.4 is 0 Å². The molecule has 0 spiro atoms. The van der Waals surface area contributed by atoms with Crippen LogP contribution in [0.4, 0.5) is 0 Å². The molecule has 1 aromatic carbocycles. The van der Waals surface area contributed by atoms with E-state index in [9.17, 15) is 0 Å². The predicted octanol–water partition coefficient (Wildman–Crippen LogP) is 3.71. The summed E-state index contributed by atoms with van der Waals surface area (Å²) in [6, 6.07) is 8.27. The molecule has 0 N–H and O–H groups in total. The fraction of sp³-hybridized carbons (Fsp3) is 0.300. The summed E-state index contributed by atoms with van der Waals surface area (Å²) in [6.45, 7) is 0. The van der Waals surface area contributed by atoms with Crippen molar-refractivity contribution >= 4 is 45.9 Å². The van der Waals surface area contributed by atoms with Crippen LogP contribution in [-0.2, 0) is 0 Å². The lowest BCUT2D eigenvalue weighted by atomic mass is 10.3. The second-order valence-corrected chi connectivity index (χ2v) is 5.69. The van der Waals surface area contributed by atoms with Crippen LogP contribution in [0.5, 0.6) is 0 Å². The second-order valence-electron chi connectivity index (χ2n) is 2.87. The Bertz CT molecular complexity index is 377. The van der Waals surface area contributed by atoms with Crippen LogP contribution in [0, 0.1) is 0 Å². The number of aromatic nitrogens is 1. The van der Waals surface area contributed by atoms with E-state index in [0.29, 0.717) is 0 Å². The third-order valence-electron chi connectivity index (χ3n) is 1.80. The van der Waals surface area contributed by atoms with Gasteiger partial charge in [0.2, 0.25) is 0 Å². The van der Waals surface area contributed by atoms with E-state index in [2.05, 4.69) is 35.8 Å². The molecule has 1 nitrogen and oxygen atoms in total. The number of benzene rings is 1. The second kappa shape index (κ2) is 5.05. The van der Waals surface area contributed by atoms with Gasteiger partial charge in [0.25, 0.3) is 0 Å². The van der Waals surface area contributed by atoms with Crippen molar-refractivity contribution in [2.24, 2.45) is 0 Å². The smallest absolute Gasteiger partial charge is 0.151 e. The summed E-state index contributed by atoms with van der Waals surface area (Å²) >= 11 is 7.79. The highest BCUT2D eigenvalue weighted by atomic mass is 32.2. The lowest BCUT2D eigenvalue weighted by molar-refractivity contribution is 1.12. The summed E-state index contributed by atoms with van der Waals surface area (Å²) in [4.78, 5) is 4.54. The number of nitrogens with zero attached hydrogens (tertiary/aromatic N) is 1. The van der Waals surface area contributed by atoms with Gasteiger partial charge in [0, 0.05) is 5.75 Å². The maximum Gasteiger partial charge on any atom is 0.151 e. The van der Waals surface area contributed by atoms with E-state index >= 15 is 0 Å². The van der Waals surface area contributed by atoms with Crippen molar-refractivity contribution < 1.29 is 0 Å². The molecule has 0 radical (unpaired) electrons. The van der Waals surface area contributed by atoms with Crippen LogP contribution in [0.1, 0.15) is 6.42 Å². The standard InChI is InChI=1S/C10H11NS3/c12-6-3-7-13-10-11-8-4-1-2-5-9(8)14-10/h1-2,4-5,12H,3,6-7H2. The Morgan fingerprint density at radius 3 is 3.00 bits per heavy atom. The summed E-state index contributed by atoms with van der Waals surface area (Å²) in [5.74, 6) is 2.07. The highest BCUT2D eigenvalue weighted by Gasteiger charge is 2.02. The third-order valence-corrected chi connectivity index (χ3v) is 4.38. The topological polar surface area (TPSA) is 12.9 Å². The summed E-state index contributed by atoms with van der Waals surface area (Å²) < 4.78 is 2.45. The molecule has 0 unspecified atom stereocenters. The van der Waals surface area contributed by atoms with Crippen LogP contribution in [0.2, 0.25) is 0 Å². The molecule has 2 aromatic rings. The quantitative estimate of drug-likeness (QED) is 0.498. The van der Waals surface area contributed by atoms with Gasteiger partial charge in [-0.15, -0.1) is 11.3 Å². The molecule has 0 bridgehead atoms. The van der Waals surface area contributed by atoms with Gasteiger partial charge in [-0.1, -0.05) is 23.9 Å². The zero-order chi connectivity index (χ0) is 9.80. The molecule has 4 heteroatoms. The molecule has 1 heterocycles. The number of para-hydroxylation sites is 1. The Morgan fingerprint density at radius 2 is 2.21 bits per heavy atom. The van der Waals surface area contributed by atoms with Gasteiger partial charge in [0.05, 0.1) is 10.2 Å². The minimum Gasteiger partial charge on any atom is -0.230 e. The van der Waals surface area contributed by atoms with Crippen molar-refractivity contribution in [2.75, 3.05) is 11.5 Å². The molecule has 74 valence electrons. The van der Waals surface area contributed by atoms with Crippen molar-refractivity contribution in [3.8, 4) is 0 Å². The zero-order valence-electron chi connectivity index (χ0n) is 7.64. The van der Waals surface area contributed by atoms with E-state index in [4.69, 9.17) is 0 Å². The molecule has 0 saturated heterocycles. The number of thiazole rings is 1. The molecule has 0 aliphatic carbocycles. The van der Waals surface area contributed by atoms with Gasteiger partial charge in [0.1, 0.15) is 0 Å². The number of thiol groups is 1. The monoisotopic (exact) mass is 241 g/mol. The van der Waals surface area contributed by atoms with E-state index in [1.54, 1.807) is 11.3 Å². The largest absolute Gasteiger partial charge is 0.230 e. The predicted molar refractivity (Wildman–Crippen MR) is 68.8 cm³/mol.